The van der Waals surface area contributed by atoms with Gasteiger partial charge >= 0.3 is 6.18 Å². The Balaban J connectivity index is 2.03. The zero-order valence-electron chi connectivity index (χ0n) is 14.3. The van der Waals surface area contributed by atoms with Gasteiger partial charge in [-0.1, -0.05) is 6.92 Å². The molecule has 25 heavy (non-hydrogen) atoms. The Hall–Kier alpha value is -1.88. The standard InChI is InChI=1S/C14H20F3N5O2S/c1-9(8-22-10(2)5-13(20-22)14(15,16)17)6-19-25(23,24)12-7-18-21(4)11(12)3/h5,7,9,19H,6,8H2,1-4H3. The molecule has 0 aliphatic carbocycles. The van der Waals surface area contributed by atoms with Gasteiger partial charge in [0.1, 0.15) is 4.90 Å². The molecule has 2 rings (SSSR count). The van der Waals surface area contributed by atoms with Crippen LogP contribution in [0, 0.1) is 19.8 Å². The van der Waals surface area contributed by atoms with Crippen LogP contribution in [-0.4, -0.2) is 34.5 Å². The molecule has 0 fully saturated rings. The van der Waals surface area contributed by atoms with Crippen molar-refractivity contribution >= 4 is 10.0 Å². The average Bonchev–Trinajstić information content (AvgIpc) is 3.01. The molecule has 140 valence electrons. The molecule has 2 aromatic rings. The normalized spacial score (nSPS) is 14.0. The van der Waals surface area contributed by atoms with Crippen molar-refractivity contribution in [3.63, 3.8) is 0 Å². The first-order chi connectivity index (χ1) is 11.4. The van der Waals surface area contributed by atoms with E-state index in [0.717, 1.165) is 6.07 Å². The second-order valence-electron chi connectivity index (χ2n) is 6.03. The highest BCUT2D eigenvalue weighted by atomic mass is 32.2. The number of nitrogens with one attached hydrogen (secondary N) is 1. The third-order valence-corrected chi connectivity index (χ3v) is 5.38. The van der Waals surface area contributed by atoms with Crippen molar-refractivity contribution in [2.45, 2.75) is 38.4 Å². The average molecular weight is 379 g/mol. The molecule has 0 amide bonds. The monoisotopic (exact) mass is 379 g/mol. The van der Waals surface area contributed by atoms with Crippen molar-refractivity contribution in [1.82, 2.24) is 24.3 Å². The predicted octanol–water partition coefficient (Wildman–Crippen LogP) is 1.87. The Morgan fingerprint density at radius 3 is 2.44 bits per heavy atom. The summed E-state index contributed by atoms with van der Waals surface area (Å²) in [6, 6.07) is 0.968. The molecule has 7 nitrogen and oxygen atoms in total. The first-order valence-corrected chi connectivity index (χ1v) is 9.00. The van der Waals surface area contributed by atoms with Crippen molar-refractivity contribution in [1.29, 1.82) is 0 Å². The van der Waals surface area contributed by atoms with Gasteiger partial charge in [-0.3, -0.25) is 9.36 Å². The smallest absolute Gasteiger partial charge is 0.272 e. The molecule has 0 radical (unpaired) electrons. The lowest BCUT2D eigenvalue weighted by molar-refractivity contribution is -0.141. The summed E-state index contributed by atoms with van der Waals surface area (Å²) in [5, 5.41) is 7.43. The van der Waals surface area contributed by atoms with E-state index in [4.69, 9.17) is 0 Å². The Kier molecular flexibility index (Phi) is 5.28. The first kappa shape index (κ1) is 19.4. The number of alkyl halides is 3. The summed E-state index contributed by atoms with van der Waals surface area (Å²) < 4.78 is 67.7. The second-order valence-corrected chi connectivity index (χ2v) is 7.76. The number of halogens is 3. The lowest BCUT2D eigenvalue weighted by atomic mass is 10.2. The largest absolute Gasteiger partial charge is 0.435 e. The highest BCUT2D eigenvalue weighted by Gasteiger charge is 2.34. The van der Waals surface area contributed by atoms with Gasteiger partial charge < -0.3 is 0 Å². The third-order valence-electron chi connectivity index (χ3n) is 3.86. The summed E-state index contributed by atoms with van der Waals surface area (Å²) in [4.78, 5) is 0.0804. The molecule has 2 aromatic heterocycles. The highest BCUT2D eigenvalue weighted by molar-refractivity contribution is 7.89. The Bertz CT molecular complexity index is 854. The summed E-state index contributed by atoms with van der Waals surface area (Å²) >= 11 is 0. The number of aryl methyl sites for hydroxylation is 2. The molecule has 0 aliphatic rings. The molecule has 0 bridgehead atoms. The van der Waals surface area contributed by atoms with E-state index in [1.807, 2.05) is 0 Å². The van der Waals surface area contributed by atoms with E-state index in [0.29, 0.717) is 11.4 Å². The topological polar surface area (TPSA) is 81.8 Å². The van der Waals surface area contributed by atoms with E-state index < -0.39 is 21.9 Å². The van der Waals surface area contributed by atoms with Gasteiger partial charge in [-0.25, -0.2) is 13.1 Å². The fourth-order valence-electron chi connectivity index (χ4n) is 2.27. The molecule has 2 heterocycles. The predicted molar refractivity (Wildman–Crippen MR) is 84.3 cm³/mol. The first-order valence-electron chi connectivity index (χ1n) is 7.51. The maximum atomic E-state index is 12.7. The SMILES string of the molecule is Cc1c(S(=O)(=O)NCC(C)Cn2nc(C(F)(F)F)cc2C)cnn1C. The molecular weight excluding hydrogens is 359 g/mol. The van der Waals surface area contributed by atoms with Crippen molar-refractivity contribution in [3.05, 3.63) is 29.3 Å². The van der Waals surface area contributed by atoms with Crippen LogP contribution in [0.2, 0.25) is 0 Å². The van der Waals surface area contributed by atoms with Gasteiger partial charge in [-0.2, -0.15) is 23.4 Å². The molecule has 1 N–H and O–H groups in total. The molecule has 0 aliphatic heterocycles. The van der Waals surface area contributed by atoms with Crippen molar-refractivity contribution in [2.75, 3.05) is 6.54 Å². The molecule has 0 saturated carbocycles. The van der Waals surface area contributed by atoms with Crippen LogP contribution in [-0.2, 0) is 29.8 Å². The number of rotatable bonds is 6. The van der Waals surface area contributed by atoms with Gasteiger partial charge in [-0.05, 0) is 25.8 Å². The summed E-state index contributed by atoms with van der Waals surface area (Å²) in [5.41, 5.74) is -0.0909. The van der Waals surface area contributed by atoms with E-state index in [1.54, 1.807) is 20.9 Å². The van der Waals surface area contributed by atoms with Gasteiger partial charge in [0.15, 0.2) is 5.69 Å². The number of hydrogen-bond donors (Lipinski definition) is 1. The van der Waals surface area contributed by atoms with Gasteiger partial charge in [0.2, 0.25) is 10.0 Å². The van der Waals surface area contributed by atoms with Crippen LogP contribution < -0.4 is 4.72 Å². The molecule has 0 aromatic carbocycles. The molecule has 1 unspecified atom stereocenters. The number of nitrogens with zero attached hydrogens (tertiary/aromatic N) is 4. The van der Waals surface area contributed by atoms with Crippen LogP contribution in [0.3, 0.4) is 0 Å². The quantitative estimate of drug-likeness (QED) is 0.831. The van der Waals surface area contributed by atoms with Crippen LogP contribution >= 0.6 is 0 Å². The summed E-state index contributed by atoms with van der Waals surface area (Å²) in [5.74, 6) is -0.258. The summed E-state index contributed by atoms with van der Waals surface area (Å²) in [6.07, 6.45) is -3.24. The molecule has 1 atom stereocenters. The van der Waals surface area contributed by atoms with E-state index in [1.165, 1.54) is 22.5 Å². The van der Waals surface area contributed by atoms with Crippen molar-refractivity contribution in [3.8, 4) is 0 Å². The Morgan fingerprint density at radius 2 is 1.96 bits per heavy atom. The van der Waals surface area contributed by atoms with Gasteiger partial charge in [0, 0.05) is 25.8 Å². The van der Waals surface area contributed by atoms with Gasteiger partial charge in [-0.15, -0.1) is 0 Å². The Morgan fingerprint density at radius 1 is 1.32 bits per heavy atom. The van der Waals surface area contributed by atoms with Crippen LogP contribution in [0.1, 0.15) is 24.0 Å². The van der Waals surface area contributed by atoms with Crippen LogP contribution in [0.15, 0.2) is 17.2 Å². The van der Waals surface area contributed by atoms with E-state index in [9.17, 15) is 21.6 Å². The minimum absolute atomic E-state index is 0.0668. The lowest BCUT2D eigenvalue weighted by Crippen LogP contribution is -2.30. The maximum Gasteiger partial charge on any atom is 0.435 e. The van der Waals surface area contributed by atoms with E-state index in [2.05, 4.69) is 14.9 Å². The van der Waals surface area contributed by atoms with Crippen LogP contribution in [0.5, 0.6) is 0 Å². The fraction of sp³-hybridized carbons (Fsp3) is 0.571. The van der Waals surface area contributed by atoms with E-state index >= 15 is 0 Å². The van der Waals surface area contributed by atoms with Crippen LogP contribution in [0.25, 0.3) is 0 Å². The summed E-state index contributed by atoms with van der Waals surface area (Å²) in [7, 11) is -2.09. The molecule has 11 heteroatoms. The molecule has 0 saturated heterocycles. The number of sulfonamides is 1. The maximum absolute atomic E-state index is 12.7. The van der Waals surface area contributed by atoms with Gasteiger partial charge in [0.25, 0.3) is 0 Å². The minimum Gasteiger partial charge on any atom is -0.272 e. The lowest BCUT2D eigenvalue weighted by Gasteiger charge is -2.14. The van der Waals surface area contributed by atoms with Crippen molar-refractivity contribution < 1.29 is 21.6 Å². The second kappa shape index (κ2) is 6.79. The minimum atomic E-state index is -4.50. The van der Waals surface area contributed by atoms with Crippen molar-refractivity contribution in [2.24, 2.45) is 13.0 Å². The number of aromatic nitrogens is 4. The number of hydrogen-bond acceptors (Lipinski definition) is 4. The zero-order valence-corrected chi connectivity index (χ0v) is 15.1. The third kappa shape index (κ3) is 4.40. The fourth-order valence-corrected chi connectivity index (χ4v) is 3.63. The molecule has 0 spiro atoms. The van der Waals surface area contributed by atoms with Crippen LogP contribution in [0.4, 0.5) is 13.2 Å². The molecular formula is C14H20F3N5O2S. The summed E-state index contributed by atoms with van der Waals surface area (Å²) in [6.45, 7) is 5.12. The Labute approximate surface area is 143 Å². The highest BCUT2D eigenvalue weighted by Crippen LogP contribution is 2.28. The zero-order chi connectivity index (χ0) is 19.0. The van der Waals surface area contributed by atoms with E-state index in [-0.39, 0.29) is 23.9 Å². The van der Waals surface area contributed by atoms with Gasteiger partial charge in [0.05, 0.1) is 11.9 Å².